The first-order valence-corrected chi connectivity index (χ1v) is 7.14. The van der Waals surface area contributed by atoms with Crippen molar-refractivity contribution in [2.24, 2.45) is 0 Å². The Morgan fingerprint density at radius 3 is 2.58 bits per heavy atom. The number of hydrogen-bond donors (Lipinski definition) is 1. The number of amides is 2. The van der Waals surface area contributed by atoms with Crippen molar-refractivity contribution in [2.45, 2.75) is 12.6 Å². The largest absolute Gasteiger partial charge is 0.417 e. The molecular weight excluding hydrogens is 321 g/mol. The van der Waals surface area contributed by atoms with Gasteiger partial charge in [-0.2, -0.15) is 13.2 Å². The summed E-state index contributed by atoms with van der Waals surface area (Å²) >= 11 is 0. The molecule has 0 spiro atoms. The molecule has 1 heterocycles. The Labute approximate surface area is 135 Å². The molecule has 3 rings (SSSR count). The van der Waals surface area contributed by atoms with Crippen LogP contribution in [0.3, 0.4) is 0 Å². The van der Waals surface area contributed by atoms with Crippen molar-refractivity contribution < 1.29 is 22.8 Å². The summed E-state index contributed by atoms with van der Waals surface area (Å²) in [6, 6.07) is 9.42. The van der Waals surface area contributed by atoms with E-state index in [2.05, 4.69) is 5.32 Å². The molecule has 0 unspecified atom stereocenters. The van der Waals surface area contributed by atoms with Gasteiger partial charge in [-0.05, 0) is 35.9 Å². The smallest absolute Gasteiger partial charge is 0.322 e. The number of rotatable bonds is 2. The maximum Gasteiger partial charge on any atom is 0.417 e. The Morgan fingerprint density at radius 1 is 1.17 bits per heavy atom. The van der Waals surface area contributed by atoms with Crippen LogP contribution in [0.4, 0.5) is 24.5 Å². The third-order valence-corrected chi connectivity index (χ3v) is 3.89. The summed E-state index contributed by atoms with van der Waals surface area (Å²) in [5.74, 6) is -0.920. The van der Waals surface area contributed by atoms with Crippen molar-refractivity contribution in [3.8, 4) is 0 Å². The summed E-state index contributed by atoms with van der Waals surface area (Å²) in [4.78, 5) is 25.4. The Kier molecular flexibility index (Phi) is 3.79. The number of carbonyl (C=O) groups is 2. The van der Waals surface area contributed by atoms with Crippen LogP contribution in [0, 0.1) is 0 Å². The number of anilines is 2. The van der Waals surface area contributed by atoms with Gasteiger partial charge in [-0.1, -0.05) is 12.1 Å². The lowest BCUT2D eigenvalue weighted by Crippen LogP contribution is -2.20. The molecule has 0 atom stereocenters. The number of carbonyl (C=O) groups excluding carboxylic acids is 2. The minimum absolute atomic E-state index is 0.0732. The average molecular weight is 334 g/mol. The van der Waals surface area contributed by atoms with Gasteiger partial charge < -0.3 is 10.2 Å². The van der Waals surface area contributed by atoms with E-state index < -0.39 is 23.2 Å². The first kappa shape index (κ1) is 16.0. The first-order chi connectivity index (χ1) is 11.3. The summed E-state index contributed by atoms with van der Waals surface area (Å²) in [6.07, 6.45) is -4.41. The molecule has 1 aliphatic rings. The molecule has 2 aromatic carbocycles. The van der Waals surface area contributed by atoms with Gasteiger partial charge in [0.1, 0.15) is 0 Å². The van der Waals surface area contributed by atoms with E-state index in [1.807, 2.05) is 0 Å². The van der Waals surface area contributed by atoms with Gasteiger partial charge in [-0.15, -0.1) is 0 Å². The van der Waals surface area contributed by atoms with E-state index in [0.717, 1.165) is 23.4 Å². The number of alkyl halides is 3. The normalized spacial score (nSPS) is 13.8. The average Bonchev–Trinajstić information content (AvgIpc) is 2.81. The van der Waals surface area contributed by atoms with E-state index in [9.17, 15) is 22.8 Å². The van der Waals surface area contributed by atoms with Gasteiger partial charge in [-0.25, -0.2) is 0 Å². The molecule has 0 fully saturated rings. The monoisotopic (exact) mass is 334 g/mol. The van der Waals surface area contributed by atoms with Crippen molar-refractivity contribution in [3.63, 3.8) is 0 Å². The summed E-state index contributed by atoms with van der Waals surface area (Å²) < 4.78 is 39.0. The van der Waals surface area contributed by atoms with Crippen LogP contribution in [0.2, 0.25) is 0 Å². The van der Waals surface area contributed by atoms with Crippen LogP contribution in [0.25, 0.3) is 0 Å². The van der Waals surface area contributed by atoms with Crippen LogP contribution in [-0.2, 0) is 17.4 Å². The van der Waals surface area contributed by atoms with Crippen molar-refractivity contribution in [2.75, 3.05) is 17.3 Å². The minimum atomic E-state index is -4.61. The van der Waals surface area contributed by atoms with Crippen molar-refractivity contribution in [1.29, 1.82) is 0 Å². The lowest BCUT2D eigenvalue weighted by molar-refractivity contribution is -0.137. The fourth-order valence-electron chi connectivity index (χ4n) is 2.67. The Balaban J connectivity index is 1.87. The number of nitrogens with zero attached hydrogens (tertiary/aromatic N) is 1. The Morgan fingerprint density at radius 2 is 1.88 bits per heavy atom. The van der Waals surface area contributed by atoms with Gasteiger partial charge in [-0.3, -0.25) is 9.59 Å². The van der Waals surface area contributed by atoms with E-state index in [1.54, 1.807) is 25.2 Å². The highest BCUT2D eigenvalue weighted by Crippen LogP contribution is 2.33. The third kappa shape index (κ3) is 2.84. The van der Waals surface area contributed by atoms with E-state index in [4.69, 9.17) is 0 Å². The second kappa shape index (κ2) is 5.67. The molecule has 0 aromatic heterocycles. The topological polar surface area (TPSA) is 49.4 Å². The molecule has 0 saturated heterocycles. The van der Waals surface area contributed by atoms with E-state index in [1.165, 1.54) is 17.0 Å². The lowest BCUT2D eigenvalue weighted by Gasteiger charge is -2.14. The molecule has 124 valence electrons. The zero-order valence-electron chi connectivity index (χ0n) is 12.6. The van der Waals surface area contributed by atoms with Crippen LogP contribution in [0.15, 0.2) is 42.5 Å². The predicted octanol–water partition coefficient (Wildman–Crippen LogP) is 3.48. The fraction of sp³-hybridized carbons (Fsp3) is 0.176. The highest BCUT2D eigenvalue weighted by Gasteiger charge is 2.35. The molecule has 2 amide bonds. The van der Waals surface area contributed by atoms with E-state index >= 15 is 0 Å². The standard InChI is InChI=1S/C17H13F3N2O2/c1-22-14-7-6-11(8-10(14)9-15(22)23)21-16(24)12-4-2-3-5-13(12)17(18,19)20/h2-8H,9H2,1H3,(H,21,24). The maximum absolute atomic E-state index is 13.0. The highest BCUT2D eigenvalue weighted by atomic mass is 19.4. The van der Waals surface area contributed by atoms with Gasteiger partial charge in [0.25, 0.3) is 5.91 Å². The Bertz CT molecular complexity index is 831. The number of benzene rings is 2. The fourth-order valence-corrected chi connectivity index (χ4v) is 2.67. The van der Waals surface area contributed by atoms with Crippen molar-refractivity contribution >= 4 is 23.2 Å². The van der Waals surface area contributed by atoms with Gasteiger partial charge >= 0.3 is 6.18 Å². The number of nitrogens with one attached hydrogen (secondary N) is 1. The second-order valence-corrected chi connectivity index (χ2v) is 5.47. The highest BCUT2D eigenvalue weighted by molar-refractivity contribution is 6.06. The number of hydrogen-bond acceptors (Lipinski definition) is 2. The number of likely N-dealkylation sites (N-methyl/N-ethyl adjacent to an activating group) is 1. The molecule has 1 aliphatic heterocycles. The molecule has 0 saturated carbocycles. The SMILES string of the molecule is CN1C(=O)Cc2cc(NC(=O)c3ccccc3C(F)(F)F)ccc21. The van der Waals surface area contributed by atoms with Crippen LogP contribution in [0.1, 0.15) is 21.5 Å². The van der Waals surface area contributed by atoms with Gasteiger partial charge in [0, 0.05) is 18.4 Å². The summed E-state index contributed by atoms with van der Waals surface area (Å²) in [5.41, 5.74) is 0.370. The van der Waals surface area contributed by atoms with Crippen LogP contribution in [-0.4, -0.2) is 18.9 Å². The third-order valence-electron chi connectivity index (χ3n) is 3.89. The zero-order valence-corrected chi connectivity index (χ0v) is 12.6. The molecule has 0 bridgehead atoms. The van der Waals surface area contributed by atoms with Crippen molar-refractivity contribution in [3.05, 3.63) is 59.2 Å². The minimum Gasteiger partial charge on any atom is -0.322 e. The molecule has 1 N–H and O–H groups in total. The molecular formula is C17H13F3N2O2. The Hall–Kier alpha value is -2.83. The maximum atomic E-state index is 13.0. The van der Waals surface area contributed by atoms with Gasteiger partial charge in [0.15, 0.2) is 0 Å². The molecule has 0 aliphatic carbocycles. The molecule has 7 heteroatoms. The zero-order chi connectivity index (χ0) is 17.5. The summed E-state index contributed by atoms with van der Waals surface area (Å²) in [6.45, 7) is 0. The van der Waals surface area contributed by atoms with E-state index in [-0.39, 0.29) is 12.3 Å². The number of halogens is 3. The molecule has 0 radical (unpaired) electrons. The summed E-state index contributed by atoms with van der Waals surface area (Å²) in [7, 11) is 1.64. The number of fused-ring (bicyclic) bond motifs is 1. The quantitative estimate of drug-likeness (QED) is 0.914. The molecule has 24 heavy (non-hydrogen) atoms. The van der Waals surface area contributed by atoms with E-state index in [0.29, 0.717) is 5.69 Å². The summed E-state index contributed by atoms with van der Waals surface area (Å²) in [5, 5.41) is 2.46. The second-order valence-electron chi connectivity index (χ2n) is 5.47. The van der Waals surface area contributed by atoms with Crippen LogP contribution < -0.4 is 10.2 Å². The van der Waals surface area contributed by atoms with Gasteiger partial charge in [0.05, 0.1) is 17.5 Å². The molecule has 2 aromatic rings. The predicted molar refractivity (Wildman–Crippen MR) is 83.0 cm³/mol. The van der Waals surface area contributed by atoms with Gasteiger partial charge in [0.2, 0.25) is 5.91 Å². The lowest BCUT2D eigenvalue weighted by atomic mass is 10.1. The van der Waals surface area contributed by atoms with Crippen molar-refractivity contribution in [1.82, 2.24) is 0 Å². The van der Waals surface area contributed by atoms with Crippen LogP contribution >= 0.6 is 0 Å². The van der Waals surface area contributed by atoms with Crippen LogP contribution in [0.5, 0.6) is 0 Å². The molecule has 4 nitrogen and oxygen atoms in total. The first-order valence-electron chi connectivity index (χ1n) is 7.14.